The molecule has 142 valence electrons. The molecule has 2 aromatic heterocycles. The number of aromatic hydroxyl groups is 1. The maximum Gasteiger partial charge on any atom is 0.416 e. The largest absolute Gasteiger partial charge is 0.507 e. The predicted molar refractivity (Wildman–Crippen MR) is 93.5 cm³/mol. The van der Waals surface area contributed by atoms with Crippen molar-refractivity contribution in [3.05, 3.63) is 41.6 Å². The summed E-state index contributed by atoms with van der Waals surface area (Å²) in [5.41, 5.74) is 0.562. The highest BCUT2D eigenvalue weighted by molar-refractivity contribution is 5.80. The minimum absolute atomic E-state index is 0.151. The van der Waals surface area contributed by atoms with Gasteiger partial charge < -0.3 is 9.84 Å². The third kappa shape index (κ3) is 3.37. The van der Waals surface area contributed by atoms with Crippen LogP contribution in [-0.2, 0) is 10.9 Å². The van der Waals surface area contributed by atoms with Crippen LogP contribution in [0.4, 0.5) is 13.2 Å². The lowest BCUT2D eigenvalue weighted by Gasteiger charge is -2.21. The Kier molecular flexibility index (Phi) is 4.30. The lowest BCUT2D eigenvalue weighted by molar-refractivity contribution is -0.137. The Bertz CT molecular complexity index is 969. The van der Waals surface area contributed by atoms with Gasteiger partial charge in [-0.05, 0) is 49.6 Å². The molecule has 1 saturated heterocycles. The van der Waals surface area contributed by atoms with E-state index in [0.717, 1.165) is 37.0 Å². The molecule has 0 amide bonds. The number of pyridine rings is 1. The van der Waals surface area contributed by atoms with E-state index < -0.39 is 17.5 Å². The van der Waals surface area contributed by atoms with E-state index >= 15 is 0 Å². The molecule has 4 rings (SSSR count). The molecule has 0 saturated carbocycles. The van der Waals surface area contributed by atoms with Crippen molar-refractivity contribution < 1.29 is 23.0 Å². The van der Waals surface area contributed by atoms with Gasteiger partial charge in [0.05, 0.1) is 23.9 Å². The number of hydrogen-bond donors (Lipinski definition) is 1. The molecule has 0 aliphatic carbocycles. The van der Waals surface area contributed by atoms with Gasteiger partial charge in [-0.1, -0.05) is 0 Å². The standard InChI is InChI=1S/C19H18F3N3O2/c1-11-7-13(19(20,21)22)8-16(26)17(11)15-5-4-12-9-25(24-18(12)23-15)14-3-2-6-27-10-14/h4-5,7-9,14,26H,2-3,6,10H2,1H3. The van der Waals surface area contributed by atoms with Gasteiger partial charge in [-0.2, -0.15) is 18.3 Å². The summed E-state index contributed by atoms with van der Waals surface area (Å²) in [6.45, 7) is 2.87. The number of phenolic OH excluding ortho intramolecular Hbond substituents is 1. The molecule has 0 spiro atoms. The van der Waals surface area contributed by atoms with Crippen LogP contribution in [0.1, 0.15) is 30.0 Å². The number of aryl methyl sites for hydroxylation is 1. The Hall–Kier alpha value is -2.61. The lowest BCUT2D eigenvalue weighted by atomic mass is 10.00. The highest BCUT2D eigenvalue weighted by atomic mass is 19.4. The fourth-order valence-electron chi connectivity index (χ4n) is 3.44. The topological polar surface area (TPSA) is 60.2 Å². The molecule has 3 aromatic rings. The van der Waals surface area contributed by atoms with Crippen LogP contribution in [0.3, 0.4) is 0 Å². The van der Waals surface area contributed by atoms with Crippen LogP contribution in [0.25, 0.3) is 22.3 Å². The molecule has 1 aliphatic rings. The van der Waals surface area contributed by atoms with Crippen LogP contribution < -0.4 is 0 Å². The molecule has 27 heavy (non-hydrogen) atoms. The number of phenols is 1. The number of alkyl halides is 3. The van der Waals surface area contributed by atoms with Gasteiger partial charge in [-0.15, -0.1) is 0 Å². The molecule has 8 heteroatoms. The summed E-state index contributed by atoms with van der Waals surface area (Å²) in [5.74, 6) is -0.450. The number of fused-ring (bicyclic) bond motifs is 1. The summed E-state index contributed by atoms with van der Waals surface area (Å²) in [7, 11) is 0. The average molecular weight is 377 g/mol. The summed E-state index contributed by atoms with van der Waals surface area (Å²) < 4.78 is 46.1. The fourth-order valence-corrected chi connectivity index (χ4v) is 3.44. The van der Waals surface area contributed by atoms with E-state index in [-0.39, 0.29) is 11.6 Å². The summed E-state index contributed by atoms with van der Waals surface area (Å²) >= 11 is 0. The number of aromatic nitrogens is 3. The molecule has 1 atom stereocenters. The van der Waals surface area contributed by atoms with Crippen LogP contribution in [0.2, 0.25) is 0 Å². The van der Waals surface area contributed by atoms with Crippen molar-refractivity contribution >= 4 is 11.0 Å². The average Bonchev–Trinajstić information content (AvgIpc) is 3.04. The van der Waals surface area contributed by atoms with Crippen LogP contribution in [0.15, 0.2) is 30.5 Å². The van der Waals surface area contributed by atoms with Crippen molar-refractivity contribution in [2.75, 3.05) is 13.2 Å². The van der Waals surface area contributed by atoms with Gasteiger partial charge in [-0.3, -0.25) is 4.68 Å². The highest BCUT2D eigenvalue weighted by Crippen LogP contribution is 2.38. The Morgan fingerprint density at radius 1 is 1.26 bits per heavy atom. The lowest BCUT2D eigenvalue weighted by Crippen LogP contribution is -2.21. The van der Waals surface area contributed by atoms with Crippen LogP contribution >= 0.6 is 0 Å². The molecular weight excluding hydrogens is 359 g/mol. The summed E-state index contributed by atoms with van der Waals surface area (Å²) in [4.78, 5) is 4.46. The Morgan fingerprint density at radius 2 is 2.07 bits per heavy atom. The van der Waals surface area contributed by atoms with Crippen molar-refractivity contribution in [2.45, 2.75) is 32.0 Å². The van der Waals surface area contributed by atoms with E-state index in [9.17, 15) is 18.3 Å². The third-order valence-electron chi connectivity index (χ3n) is 4.80. The van der Waals surface area contributed by atoms with E-state index in [2.05, 4.69) is 10.1 Å². The van der Waals surface area contributed by atoms with Gasteiger partial charge in [0, 0.05) is 23.8 Å². The molecular formula is C19H18F3N3O2. The first-order chi connectivity index (χ1) is 12.8. The molecule has 0 radical (unpaired) electrons. The van der Waals surface area contributed by atoms with Gasteiger partial charge >= 0.3 is 6.18 Å². The van der Waals surface area contributed by atoms with Crippen LogP contribution in [0, 0.1) is 6.92 Å². The number of hydrogen-bond acceptors (Lipinski definition) is 4. The number of nitrogens with zero attached hydrogens (tertiary/aromatic N) is 3. The fraction of sp³-hybridized carbons (Fsp3) is 0.368. The van der Waals surface area contributed by atoms with E-state index in [0.29, 0.717) is 23.5 Å². The van der Waals surface area contributed by atoms with E-state index in [4.69, 9.17) is 4.74 Å². The number of benzene rings is 1. The number of ether oxygens (including phenoxy) is 1. The molecule has 0 bridgehead atoms. The molecule has 1 N–H and O–H groups in total. The Balaban J connectivity index is 1.74. The second-order valence-electron chi connectivity index (χ2n) is 6.77. The first-order valence-corrected chi connectivity index (χ1v) is 8.68. The highest BCUT2D eigenvalue weighted by Gasteiger charge is 2.32. The van der Waals surface area contributed by atoms with Gasteiger partial charge in [0.2, 0.25) is 0 Å². The maximum absolute atomic E-state index is 12.9. The molecule has 5 nitrogen and oxygen atoms in total. The first-order valence-electron chi connectivity index (χ1n) is 8.68. The number of rotatable bonds is 2. The van der Waals surface area contributed by atoms with Gasteiger partial charge in [0.1, 0.15) is 5.75 Å². The van der Waals surface area contributed by atoms with E-state index in [1.165, 1.54) is 6.92 Å². The van der Waals surface area contributed by atoms with Crippen molar-refractivity contribution in [3.8, 4) is 17.0 Å². The van der Waals surface area contributed by atoms with Gasteiger partial charge in [0.15, 0.2) is 5.65 Å². The van der Waals surface area contributed by atoms with Crippen molar-refractivity contribution in [1.29, 1.82) is 0 Å². The zero-order chi connectivity index (χ0) is 19.2. The SMILES string of the molecule is Cc1cc(C(F)(F)F)cc(O)c1-c1ccc2cn(C3CCCOC3)nc2n1. The Morgan fingerprint density at radius 3 is 2.74 bits per heavy atom. The first kappa shape index (κ1) is 17.8. The van der Waals surface area contributed by atoms with Crippen LogP contribution in [-0.4, -0.2) is 33.1 Å². The Labute approximate surface area is 153 Å². The minimum atomic E-state index is -4.51. The zero-order valence-electron chi connectivity index (χ0n) is 14.6. The minimum Gasteiger partial charge on any atom is -0.507 e. The summed E-state index contributed by atoms with van der Waals surface area (Å²) in [6, 6.07) is 5.38. The quantitative estimate of drug-likeness (QED) is 0.715. The molecule has 1 aliphatic heterocycles. The van der Waals surface area contributed by atoms with Gasteiger partial charge in [-0.25, -0.2) is 4.98 Å². The maximum atomic E-state index is 12.9. The second kappa shape index (κ2) is 6.53. The normalized spacial score (nSPS) is 18.1. The number of halogens is 3. The van der Waals surface area contributed by atoms with Crippen molar-refractivity contribution in [3.63, 3.8) is 0 Å². The van der Waals surface area contributed by atoms with E-state index in [1.54, 1.807) is 12.1 Å². The van der Waals surface area contributed by atoms with Crippen molar-refractivity contribution in [1.82, 2.24) is 14.8 Å². The predicted octanol–water partition coefficient (Wildman–Crippen LogP) is 4.48. The third-order valence-corrected chi connectivity index (χ3v) is 4.80. The van der Waals surface area contributed by atoms with Crippen LogP contribution in [0.5, 0.6) is 5.75 Å². The summed E-state index contributed by atoms with van der Waals surface area (Å²) in [6.07, 6.45) is -0.679. The van der Waals surface area contributed by atoms with Crippen molar-refractivity contribution in [2.24, 2.45) is 0 Å². The second-order valence-corrected chi connectivity index (χ2v) is 6.77. The summed E-state index contributed by atoms with van der Waals surface area (Å²) in [5, 5.41) is 15.5. The zero-order valence-corrected chi connectivity index (χ0v) is 14.6. The van der Waals surface area contributed by atoms with Gasteiger partial charge in [0.25, 0.3) is 0 Å². The molecule has 1 aromatic carbocycles. The molecule has 1 fully saturated rings. The molecule has 1 unspecified atom stereocenters. The monoisotopic (exact) mass is 377 g/mol. The molecule has 3 heterocycles. The smallest absolute Gasteiger partial charge is 0.416 e. The van der Waals surface area contributed by atoms with E-state index in [1.807, 2.05) is 10.9 Å².